The summed E-state index contributed by atoms with van der Waals surface area (Å²) < 4.78 is 10.7. The number of nitrogens with one attached hydrogen (secondary N) is 1. The van der Waals surface area contributed by atoms with Crippen molar-refractivity contribution in [3.8, 4) is 11.1 Å². The molecule has 2 atom stereocenters. The summed E-state index contributed by atoms with van der Waals surface area (Å²) in [5.74, 6) is -1.31. The van der Waals surface area contributed by atoms with Crippen LogP contribution >= 0.6 is 0 Å². The maximum absolute atomic E-state index is 13.5. The van der Waals surface area contributed by atoms with Crippen molar-refractivity contribution in [2.75, 3.05) is 19.7 Å². The van der Waals surface area contributed by atoms with Crippen LogP contribution in [0, 0.1) is 5.92 Å². The highest BCUT2D eigenvalue weighted by molar-refractivity contribution is 5.84. The van der Waals surface area contributed by atoms with E-state index in [-0.39, 0.29) is 38.6 Å². The average molecular weight is 575 g/mol. The molecule has 3 aromatic carbocycles. The van der Waals surface area contributed by atoms with Crippen LogP contribution in [-0.2, 0) is 32.1 Å². The van der Waals surface area contributed by atoms with Gasteiger partial charge in [0.25, 0.3) is 0 Å². The molecule has 0 aliphatic carbocycles. The van der Waals surface area contributed by atoms with Gasteiger partial charge >= 0.3 is 18.0 Å². The van der Waals surface area contributed by atoms with E-state index in [0.29, 0.717) is 6.42 Å². The minimum atomic E-state index is -1.50. The molecule has 0 heterocycles. The number of carbonyl (C=O) groups excluding carboxylic acids is 3. The zero-order chi connectivity index (χ0) is 30.3. The number of rotatable bonds is 15. The molecule has 3 aromatic rings. The Labute approximate surface area is 248 Å². The quantitative estimate of drug-likeness (QED) is 0.187. The summed E-state index contributed by atoms with van der Waals surface area (Å²) >= 11 is 0. The van der Waals surface area contributed by atoms with Gasteiger partial charge in [-0.2, -0.15) is 0 Å². The largest absolute Gasteiger partial charge is 0.464 e. The van der Waals surface area contributed by atoms with Crippen LogP contribution in [0.25, 0.3) is 11.1 Å². The second-order valence-corrected chi connectivity index (χ2v) is 10.7. The van der Waals surface area contributed by atoms with E-state index in [1.165, 1.54) is 4.90 Å². The summed E-state index contributed by atoms with van der Waals surface area (Å²) in [6, 6.07) is 25.5. The van der Waals surface area contributed by atoms with Gasteiger partial charge in [-0.15, -0.1) is 0 Å². The Balaban J connectivity index is 1.75. The zero-order valence-corrected chi connectivity index (χ0v) is 24.7. The summed E-state index contributed by atoms with van der Waals surface area (Å²) in [5.41, 5.74) is 3.78. The second kappa shape index (κ2) is 16.9. The lowest BCUT2D eigenvalue weighted by atomic mass is 10.0. The highest BCUT2D eigenvalue weighted by Crippen LogP contribution is 2.20. The third-order valence-corrected chi connectivity index (χ3v) is 6.59. The van der Waals surface area contributed by atoms with Crippen molar-refractivity contribution in [1.82, 2.24) is 10.2 Å². The predicted octanol–water partition coefficient (Wildman–Crippen LogP) is 5.38. The van der Waals surface area contributed by atoms with Gasteiger partial charge in [0.05, 0.1) is 13.2 Å². The Morgan fingerprint density at radius 1 is 0.786 bits per heavy atom. The van der Waals surface area contributed by atoms with Gasteiger partial charge in [-0.3, -0.25) is 0 Å². The third-order valence-electron chi connectivity index (χ3n) is 6.59. The molecule has 0 aliphatic heterocycles. The van der Waals surface area contributed by atoms with Crippen molar-refractivity contribution >= 4 is 18.0 Å². The maximum atomic E-state index is 13.5. The molecule has 224 valence electrons. The number of hydrogen-bond donors (Lipinski definition) is 2. The van der Waals surface area contributed by atoms with Crippen molar-refractivity contribution in [3.05, 3.63) is 96.1 Å². The minimum absolute atomic E-state index is 0.0491. The van der Waals surface area contributed by atoms with E-state index >= 15 is 0 Å². The molecule has 0 aromatic heterocycles. The summed E-state index contributed by atoms with van der Waals surface area (Å²) in [6.45, 7) is 6.10. The summed E-state index contributed by atoms with van der Waals surface area (Å²) in [4.78, 5) is 40.4. The fourth-order valence-corrected chi connectivity index (χ4v) is 4.34. The van der Waals surface area contributed by atoms with Gasteiger partial charge in [-0.1, -0.05) is 112 Å². The number of hydrogen-bond acceptors (Lipinski definition) is 6. The van der Waals surface area contributed by atoms with Crippen molar-refractivity contribution in [2.45, 2.75) is 58.8 Å². The Bertz CT molecular complexity index is 1250. The Kier molecular flexibility index (Phi) is 13.0. The molecule has 8 heteroatoms. The van der Waals surface area contributed by atoms with Crippen LogP contribution in [0.2, 0.25) is 0 Å². The van der Waals surface area contributed by atoms with E-state index in [1.807, 2.05) is 106 Å². The number of unbranched alkanes of at least 4 members (excludes halogenated alkanes) is 1. The Morgan fingerprint density at radius 3 is 2.02 bits per heavy atom. The van der Waals surface area contributed by atoms with Crippen LogP contribution < -0.4 is 5.32 Å². The first-order chi connectivity index (χ1) is 20.3. The molecule has 0 unspecified atom stereocenters. The molecule has 0 saturated heterocycles. The number of ether oxygens (including phenoxy) is 2. The Morgan fingerprint density at radius 2 is 1.40 bits per heavy atom. The number of esters is 2. The molecule has 3 rings (SSSR count). The van der Waals surface area contributed by atoms with Gasteiger partial charge in [0, 0.05) is 13.0 Å². The fourth-order valence-electron chi connectivity index (χ4n) is 4.34. The molecular weight excluding hydrogens is 532 g/mol. The van der Waals surface area contributed by atoms with Crippen LogP contribution in [0.3, 0.4) is 0 Å². The average Bonchev–Trinajstić information content (AvgIpc) is 3.00. The molecule has 0 bridgehead atoms. The molecule has 0 spiro atoms. The standard InChI is InChI=1S/C34H42N2O6/c1-4-5-20-41-33(39)31(37)23-36(22-25(2)3)34(40)35-30(32(38)42-24-27-12-8-6-9-13-27)21-26-16-18-29(19-17-26)28-14-10-7-11-15-28/h6-19,25,30-31,37H,4-5,20-24H2,1-3H3,(H,35,40)/t30-,31+/m1/s1. The SMILES string of the molecule is CCCCOC(=O)[C@@H](O)CN(CC(C)C)C(=O)N[C@H](Cc1ccc(-c2ccccc2)cc1)C(=O)OCc1ccccc1. The van der Waals surface area contributed by atoms with Crippen LogP contribution in [0.1, 0.15) is 44.7 Å². The molecule has 2 amide bonds. The normalized spacial score (nSPS) is 12.3. The van der Waals surface area contributed by atoms with Crippen molar-refractivity contribution in [1.29, 1.82) is 0 Å². The highest BCUT2D eigenvalue weighted by atomic mass is 16.5. The first-order valence-corrected chi connectivity index (χ1v) is 14.5. The minimum Gasteiger partial charge on any atom is -0.464 e. The van der Waals surface area contributed by atoms with Crippen LogP contribution in [0.4, 0.5) is 4.79 Å². The number of benzene rings is 3. The summed E-state index contributed by atoms with van der Waals surface area (Å²) in [6.07, 6.45) is 0.238. The number of amides is 2. The van der Waals surface area contributed by atoms with Crippen molar-refractivity contribution in [2.24, 2.45) is 5.92 Å². The topological polar surface area (TPSA) is 105 Å². The van der Waals surface area contributed by atoms with E-state index < -0.39 is 30.1 Å². The highest BCUT2D eigenvalue weighted by Gasteiger charge is 2.29. The lowest BCUT2D eigenvalue weighted by molar-refractivity contribution is -0.154. The van der Waals surface area contributed by atoms with Gasteiger partial charge in [0.15, 0.2) is 6.10 Å². The van der Waals surface area contributed by atoms with E-state index in [1.54, 1.807) is 0 Å². The third kappa shape index (κ3) is 10.7. The molecule has 8 nitrogen and oxygen atoms in total. The molecule has 2 N–H and O–H groups in total. The van der Waals surface area contributed by atoms with Gasteiger partial charge in [-0.25, -0.2) is 14.4 Å². The van der Waals surface area contributed by atoms with Crippen molar-refractivity contribution in [3.63, 3.8) is 0 Å². The Hall–Kier alpha value is -4.17. The lowest BCUT2D eigenvalue weighted by Crippen LogP contribution is -2.52. The number of aliphatic hydroxyl groups is 1. The van der Waals surface area contributed by atoms with E-state index in [9.17, 15) is 19.5 Å². The van der Waals surface area contributed by atoms with Gasteiger partial charge < -0.3 is 24.8 Å². The van der Waals surface area contributed by atoms with E-state index in [4.69, 9.17) is 9.47 Å². The van der Waals surface area contributed by atoms with E-state index in [2.05, 4.69) is 5.32 Å². The molecule has 0 radical (unpaired) electrons. The summed E-state index contributed by atoms with van der Waals surface area (Å²) in [5, 5.41) is 13.3. The first-order valence-electron chi connectivity index (χ1n) is 14.5. The van der Waals surface area contributed by atoms with Gasteiger partial charge in [0.2, 0.25) is 0 Å². The first kappa shape index (κ1) is 32.3. The molecule has 0 saturated carbocycles. The van der Waals surface area contributed by atoms with Gasteiger partial charge in [0.1, 0.15) is 12.6 Å². The van der Waals surface area contributed by atoms with E-state index in [0.717, 1.165) is 28.7 Å². The predicted molar refractivity (Wildman–Crippen MR) is 162 cm³/mol. The summed E-state index contributed by atoms with van der Waals surface area (Å²) in [7, 11) is 0. The second-order valence-electron chi connectivity index (χ2n) is 10.7. The molecular formula is C34H42N2O6. The zero-order valence-electron chi connectivity index (χ0n) is 24.7. The molecule has 42 heavy (non-hydrogen) atoms. The molecule has 0 fully saturated rings. The lowest BCUT2D eigenvalue weighted by Gasteiger charge is -2.28. The number of carbonyl (C=O) groups is 3. The fraction of sp³-hybridized carbons (Fsp3) is 0.382. The molecule has 0 aliphatic rings. The number of nitrogens with zero attached hydrogens (tertiary/aromatic N) is 1. The smallest absolute Gasteiger partial charge is 0.336 e. The van der Waals surface area contributed by atoms with Crippen LogP contribution in [0.5, 0.6) is 0 Å². The maximum Gasteiger partial charge on any atom is 0.336 e. The number of urea groups is 1. The van der Waals surface area contributed by atoms with Crippen molar-refractivity contribution < 1.29 is 29.0 Å². The monoisotopic (exact) mass is 574 g/mol. The van der Waals surface area contributed by atoms with Gasteiger partial charge in [-0.05, 0) is 34.6 Å². The number of aliphatic hydroxyl groups excluding tert-OH is 1. The van der Waals surface area contributed by atoms with Crippen LogP contribution in [-0.4, -0.2) is 59.8 Å². The van der Waals surface area contributed by atoms with Crippen LogP contribution in [0.15, 0.2) is 84.9 Å².